The molecule has 1 aromatic heterocycles. The Morgan fingerprint density at radius 3 is 2.46 bits per heavy atom. The Bertz CT molecular complexity index is 1240. The Morgan fingerprint density at radius 2 is 1.77 bits per heavy atom. The van der Waals surface area contributed by atoms with Crippen LogP contribution in [0.3, 0.4) is 0 Å². The molecule has 3 heterocycles. The number of rotatable bonds is 7. The molecule has 0 N–H and O–H groups in total. The lowest BCUT2D eigenvalue weighted by Crippen LogP contribution is -2.39. The molecule has 2 aliphatic rings. The van der Waals surface area contributed by atoms with Crippen LogP contribution >= 0.6 is 11.3 Å². The molecule has 5 rings (SSSR count). The molecule has 2 fully saturated rings. The van der Waals surface area contributed by atoms with Gasteiger partial charge in [-0.15, -0.1) is 0 Å². The van der Waals surface area contributed by atoms with Crippen molar-refractivity contribution in [1.29, 1.82) is 0 Å². The molecule has 0 aliphatic carbocycles. The molecule has 2 aromatic carbocycles. The van der Waals surface area contributed by atoms with Crippen molar-refractivity contribution in [1.82, 2.24) is 9.88 Å². The van der Waals surface area contributed by atoms with E-state index in [0.29, 0.717) is 40.8 Å². The van der Waals surface area contributed by atoms with E-state index in [2.05, 4.69) is 9.88 Å². The van der Waals surface area contributed by atoms with Crippen LogP contribution in [0.4, 0.5) is 15.2 Å². The van der Waals surface area contributed by atoms with Crippen LogP contribution in [0.15, 0.2) is 42.5 Å². The number of para-hydroxylation sites is 1. The zero-order chi connectivity index (χ0) is 24.4. The third kappa shape index (κ3) is 4.95. The molecule has 2 aliphatic heterocycles. The van der Waals surface area contributed by atoms with Crippen LogP contribution in [0.25, 0.3) is 10.2 Å². The number of morpholine rings is 1. The fourth-order valence-corrected chi connectivity index (χ4v) is 5.36. The molecule has 182 valence electrons. The molecule has 0 radical (unpaired) electrons. The van der Waals surface area contributed by atoms with Crippen molar-refractivity contribution in [3.05, 3.63) is 53.8 Å². The van der Waals surface area contributed by atoms with Gasteiger partial charge in [-0.3, -0.25) is 29.1 Å². The summed E-state index contributed by atoms with van der Waals surface area (Å²) in [5, 5.41) is 0.436. The lowest BCUT2D eigenvalue weighted by atomic mass is 10.1. The van der Waals surface area contributed by atoms with Gasteiger partial charge in [0.2, 0.25) is 11.8 Å². The molecule has 0 unspecified atom stereocenters. The monoisotopic (exact) mass is 496 g/mol. The summed E-state index contributed by atoms with van der Waals surface area (Å²) in [7, 11) is 0. The van der Waals surface area contributed by atoms with Gasteiger partial charge in [0.05, 0.1) is 23.6 Å². The van der Waals surface area contributed by atoms with Crippen LogP contribution in [0, 0.1) is 5.82 Å². The second-order valence-corrected chi connectivity index (χ2v) is 9.53. The Hall–Kier alpha value is -3.21. The Morgan fingerprint density at radius 1 is 1.06 bits per heavy atom. The van der Waals surface area contributed by atoms with Crippen LogP contribution in [-0.4, -0.2) is 67.0 Å². The number of carbonyl (C=O) groups excluding carboxylic acids is 3. The number of amides is 3. The molecule has 0 saturated carbocycles. The molecule has 2 saturated heterocycles. The van der Waals surface area contributed by atoms with Gasteiger partial charge in [0.1, 0.15) is 11.3 Å². The summed E-state index contributed by atoms with van der Waals surface area (Å²) >= 11 is 1.28. The number of hydrogen-bond acceptors (Lipinski definition) is 7. The number of carbonyl (C=O) groups is 3. The van der Waals surface area contributed by atoms with Crippen LogP contribution in [-0.2, 0) is 14.3 Å². The number of ether oxygens (including phenoxy) is 1. The first-order valence-electron chi connectivity index (χ1n) is 11.6. The number of imide groups is 1. The molecule has 0 atom stereocenters. The summed E-state index contributed by atoms with van der Waals surface area (Å²) in [6.45, 7) is 4.35. The zero-order valence-corrected chi connectivity index (χ0v) is 19.9. The molecular formula is C25H25FN4O4S. The number of fused-ring (bicyclic) bond motifs is 1. The Labute approximate surface area is 205 Å². The van der Waals surface area contributed by atoms with E-state index in [1.54, 1.807) is 41.3 Å². The summed E-state index contributed by atoms with van der Waals surface area (Å²) in [4.78, 5) is 47.1. The van der Waals surface area contributed by atoms with Gasteiger partial charge in [-0.25, -0.2) is 9.37 Å². The first-order valence-corrected chi connectivity index (χ1v) is 12.5. The van der Waals surface area contributed by atoms with Gasteiger partial charge in [0, 0.05) is 44.6 Å². The minimum atomic E-state index is -0.421. The number of halogens is 1. The van der Waals surface area contributed by atoms with Gasteiger partial charge < -0.3 is 4.74 Å². The van der Waals surface area contributed by atoms with Gasteiger partial charge in [0.15, 0.2) is 5.13 Å². The molecule has 0 spiro atoms. The standard InChI is InChI=1S/C25H25FN4O4S/c26-19-3-1-4-20-23(19)27-25(35-20)29(12-2-11-28-13-15-34-16-14-28)24(33)17-5-7-18(8-6-17)30-21(31)9-10-22(30)32/h1,3-8H,2,9-16H2. The highest BCUT2D eigenvalue weighted by atomic mass is 32.1. The number of thiazole rings is 1. The predicted octanol–water partition coefficient (Wildman–Crippen LogP) is 3.46. The predicted molar refractivity (Wildman–Crippen MR) is 131 cm³/mol. The summed E-state index contributed by atoms with van der Waals surface area (Å²) in [5.41, 5.74) is 1.11. The summed E-state index contributed by atoms with van der Waals surface area (Å²) in [6, 6.07) is 11.2. The maximum atomic E-state index is 14.3. The SMILES string of the molecule is O=C(c1ccc(N2C(=O)CCC2=O)cc1)N(CCCN1CCOCC1)c1nc2c(F)cccc2s1. The second kappa shape index (κ2) is 10.2. The molecule has 10 heteroatoms. The maximum Gasteiger partial charge on any atom is 0.260 e. The molecule has 35 heavy (non-hydrogen) atoms. The quantitative estimate of drug-likeness (QED) is 0.466. The highest BCUT2D eigenvalue weighted by Crippen LogP contribution is 2.32. The second-order valence-electron chi connectivity index (χ2n) is 8.52. The van der Waals surface area contributed by atoms with Crippen molar-refractivity contribution in [3.63, 3.8) is 0 Å². The van der Waals surface area contributed by atoms with Crippen LogP contribution < -0.4 is 9.80 Å². The van der Waals surface area contributed by atoms with Crippen molar-refractivity contribution >= 4 is 50.1 Å². The fourth-order valence-electron chi connectivity index (χ4n) is 4.35. The minimum Gasteiger partial charge on any atom is -0.379 e. The van der Waals surface area contributed by atoms with Crippen LogP contribution in [0.2, 0.25) is 0 Å². The zero-order valence-electron chi connectivity index (χ0n) is 19.1. The van der Waals surface area contributed by atoms with Gasteiger partial charge in [-0.2, -0.15) is 0 Å². The largest absolute Gasteiger partial charge is 0.379 e. The van der Waals surface area contributed by atoms with E-state index in [4.69, 9.17) is 4.74 Å². The van der Waals surface area contributed by atoms with Crippen molar-refractivity contribution in [3.8, 4) is 0 Å². The van der Waals surface area contributed by atoms with Crippen molar-refractivity contribution < 1.29 is 23.5 Å². The Balaban J connectivity index is 1.38. The number of aromatic nitrogens is 1. The van der Waals surface area contributed by atoms with E-state index >= 15 is 0 Å². The minimum absolute atomic E-state index is 0.199. The number of benzene rings is 2. The van der Waals surface area contributed by atoms with E-state index in [9.17, 15) is 18.8 Å². The summed E-state index contributed by atoms with van der Waals surface area (Å²) < 4.78 is 20.4. The topological polar surface area (TPSA) is 83.1 Å². The average molecular weight is 497 g/mol. The first kappa shape index (κ1) is 23.5. The highest BCUT2D eigenvalue weighted by Gasteiger charge is 2.30. The van der Waals surface area contributed by atoms with Crippen molar-refractivity contribution in [2.45, 2.75) is 19.3 Å². The van der Waals surface area contributed by atoms with Gasteiger partial charge in [0.25, 0.3) is 5.91 Å². The van der Waals surface area contributed by atoms with Crippen LogP contribution in [0.1, 0.15) is 29.6 Å². The highest BCUT2D eigenvalue weighted by molar-refractivity contribution is 7.22. The summed E-state index contributed by atoms with van der Waals surface area (Å²) in [5.74, 6) is -1.17. The molecule has 3 amide bonds. The smallest absolute Gasteiger partial charge is 0.260 e. The third-order valence-electron chi connectivity index (χ3n) is 6.22. The molecule has 0 bridgehead atoms. The summed E-state index contributed by atoms with van der Waals surface area (Å²) in [6.07, 6.45) is 1.12. The third-order valence-corrected chi connectivity index (χ3v) is 7.26. The van der Waals surface area contributed by atoms with E-state index in [-0.39, 0.29) is 36.1 Å². The van der Waals surface area contributed by atoms with E-state index in [1.807, 2.05) is 0 Å². The van der Waals surface area contributed by atoms with Crippen LogP contribution in [0.5, 0.6) is 0 Å². The average Bonchev–Trinajstić information content (AvgIpc) is 3.46. The first-order chi connectivity index (χ1) is 17.0. The number of hydrogen-bond donors (Lipinski definition) is 0. The molecule has 3 aromatic rings. The van der Waals surface area contributed by atoms with Crippen molar-refractivity contribution in [2.24, 2.45) is 0 Å². The van der Waals surface area contributed by atoms with Gasteiger partial charge >= 0.3 is 0 Å². The normalized spacial score (nSPS) is 16.9. The lowest BCUT2D eigenvalue weighted by Gasteiger charge is -2.27. The number of anilines is 2. The number of nitrogens with zero attached hydrogens (tertiary/aromatic N) is 4. The van der Waals surface area contributed by atoms with Crippen molar-refractivity contribution in [2.75, 3.05) is 49.2 Å². The van der Waals surface area contributed by atoms with Gasteiger partial charge in [-0.05, 0) is 42.8 Å². The maximum absolute atomic E-state index is 14.3. The molecule has 8 nitrogen and oxygen atoms in total. The molecular weight excluding hydrogens is 471 g/mol. The fraction of sp³-hybridized carbons (Fsp3) is 0.360. The van der Waals surface area contributed by atoms with E-state index in [1.165, 1.54) is 17.4 Å². The Kier molecular flexibility index (Phi) is 6.85. The van der Waals surface area contributed by atoms with E-state index in [0.717, 1.165) is 31.0 Å². The van der Waals surface area contributed by atoms with Gasteiger partial charge in [-0.1, -0.05) is 17.4 Å². The van der Waals surface area contributed by atoms with E-state index < -0.39 is 5.82 Å². The lowest BCUT2D eigenvalue weighted by molar-refractivity contribution is -0.121.